The van der Waals surface area contributed by atoms with Gasteiger partial charge in [0.25, 0.3) is 0 Å². The van der Waals surface area contributed by atoms with Crippen molar-refractivity contribution in [3.05, 3.63) is 52.2 Å². The number of rotatable bonds is 2. The number of ether oxygens (including phenoxy) is 1. The summed E-state index contributed by atoms with van der Waals surface area (Å²) in [7, 11) is 0. The molecule has 2 atom stereocenters. The number of benzene rings is 1. The zero-order chi connectivity index (χ0) is 14.2. The summed E-state index contributed by atoms with van der Waals surface area (Å²) in [6.07, 6.45) is 0.478. The van der Waals surface area contributed by atoms with Gasteiger partial charge in [0.05, 0.1) is 12.7 Å². The molecule has 0 amide bonds. The van der Waals surface area contributed by atoms with Gasteiger partial charge in [-0.1, -0.05) is 24.3 Å². The molecule has 102 valence electrons. The van der Waals surface area contributed by atoms with Gasteiger partial charge < -0.3 is 9.84 Å². The van der Waals surface area contributed by atoms with Crippen LogP contribution < -0.4 is 4.74 Å². The zero-order valence-corrected chi connectivity index (χ0v) is 12.0. The fourth-order valence-corrected chi connectivity index (χ4v) is 3.75. The van der Waals surface area contributed by atoms with Crippen LogP contribution in [0.5, 0.6) is 5.75 Å². The molecule has 0 fully saturated rings. The molecule has 0 radical (unpaired) electrons. The smallest absolute Gasteiger partial charge is 0.124 e. The van der Waals surface area contributed by atoms with E-state index in [0.29, 0.717) is 18.8 Å². The number of aliphatic hydroxyl groups is 1. The Kier molecular flexibility index (Phi) is 3.04. The van der Waals surface area contributed by atoms with Crippen molar-refractivity contribution in [3.8, 4) is 11.8 Å². The molecule has 3 rings (SSSR count). The summed E-state index contributed by atoms with van der Waals surface area (Å²) in [5, 5.41) is 22.9. The Hall–Kier alpha value is -1.83. The predicted molar refractivity (Wildman–Crippen MR) is 77.7 cm³/mol. The van der Waals surface area contributed by atoms with E-state index >= 15 is 0 Å². The minimum Gasteiger partial charge on any atom is -0.493 e. The monoisotopic (exact) mass is 285 g/mol. The van der Waals surface area contributed by atoms with E-state index < -0.39 is 11.0 Å². The summed E-state index contributed by atoms with van der Waals surface area (Å²) in [5.41, 5.74) is -1.45. The highest BCUT2D eigenvalue weighted by Crippen LogP contribution is 2.50. The van der Waals surface area contributed by atoms with E-state index in [2.05, 4.69) is 6.07 Å². The fourth-order valence-electron chi connectivity index (χ4n) is 2.89. The predicted octanol–water partition coefficient (Wildman–Crippen LogP) is 3.20. The normalized spacial score (nSPS) is 24.1. The van der Waals surface area contributed by atoms with Gasteiger partial charge in [-0.2, -0.15) is 5.26 Å². The summed E-state index contributed by atoms with van der Waals surface area (Å²) in [6.45, 7) is 2.16. The first-order valence-electron chi connectivity index (χ1n) is 6.52. The van der Waals surface area contributed by atoms with Crippen LogP contribution in [-0.2, 0) is 11.0 Å². The zero-order valence-electron chi connectivity index (χ0n) is 11.2. The van der Waals surface area contributed by atoms with Gasteiger partial charge in [-0.3, -0.25) is 0 Å². The molecule has 1 aliphatic heterocycles. The molecule has 1 aromatic heterocycles. The molecule has 0 saturated carbocycles. The summed E-state index contributed by atoms with van der Waals surface area (Å²) in [4.78, 5) is 0.802. The second kappa shape index (κ2) is 4.62. The third-order valence-electron chi connectivity index (χ3n) is 4.10. The van der Waals surface area contributed by atoms with E-state index in [1.165, 1.54) is 11.3 Å². The molecule has 3 nitrogen and oxygen atoms in total. The number of para-hydroxylation sites is 1. The van der Waals surface area contributed by atoms with Crippen LogP contribution in [0.4, 0.5) is 0 Å². The molecule has 1 aliphatic rings. The van der Waals surface area contributed by atoms with Crippen molar-refractivity contribution in [2.45, 2.75) is 24.4 Å². The summed E-state index contributed by atoms with van der Waals surface area (Å²) in [6, 6.07) is 13.6. The van der Waals surface area contributed by atoms with Gasteiger partial charge in [0.2, 0.25) is 0 Å². The van der Waals surface area contributed by atoms with Crippen molar-refractivity contribution in [3.63, 3.8) is 0 Å². The molecular formula is C16H15NO2S. The van der Waals surface area contributed by atoms with Gasteiger partial charge in [-0.25, -0.2) is 0 Å². The van der Waals surface area contributed by atoms with Gasteiger partial charge in [-0.05, 0) is 24.4 Å². The molecule has 20 heavy (non-hydrogen) atoms. The highest BCUT2D eigenvalue weighted by Gasteiger charge is 2.53. The third-order valence-corrected chi connectivity index (χ3v) is 5.19. The number of nitrogens with zero attached hydrogens (tertiary/aromatic N) is 1. The molecule has 0 spiro atoms. The third kappa shape index (κ3) is 1.67. The largest absolute Gasteiger partial charge is 0.493 e. The van der Waals surface area contributed by atoms with Crippen LogP contribution in [0.3, 0.4) is 0 Å². The van der Waals surface area contributed by atoms with Crippen LogP contribution in [0.2, 0.25) is 0 Å². The van der Waals surface area contributed by atoms with Crippen molar-refractivity contribution in [1.82, 2.24) is 0 Å². The molecular weight excluding hydrogens is 270 g/mol. The van der Waals surface area contributed by atoms with Gasteiger partial charge in [0, 0.05) is 16.9 Å². The van der Waals surface area contributed by atoms with Gasteiger partial charge >= 0.3 is 0 Å². The van der Waals surface area contributed by atoms with E-state index in [9.17, 15) is 10.4 Å². The topological polar surface area (TPSA) is 53.2 Å². The first-order valence-corrected chi connectivity index (χ1v) is 7.40. The van der Waals surface area contributed by atoms with E-state index in [1.807, 2.05) is 41.8 Å². The number of thiophene rings is 1. The van der Waals surface area contributed by atoms with Crippen molar-refractivity contribution in [2.24, 2.45) is 0 Å². The van der Waals surface area contributed by atoms with E-state index in [-0.39, 0.29) is 0 Å². The number of hydrogen-bond donors (Lipinski definition) is 1. The Morgan fingerprint density at radius 1 is 1.35 bits per heavy atom. The lowest BCUT2D eigenvalue weighted by molar-refractivity contribution is -0.0176. The first-order chi connectivity index (χ1) is 9.62. The lowest BCUT2D eigenvalue weighted by Crippen LogP contribution is -2.48. The average Bonchev–Trinajstić information content (AvgIpc) is 3.01. The molecule has 2 unspecified atom stereocenters. The van der Waals surface area contributed by atoms with Crippen LogP contribution >= 0.6 is 11.3 Å². The fraction of sp³-hybridized carbons (Fsp3) is 0.312. The lowest BCUT2D eigenvalue weighted by Gasteiger charge is -2.43. The molecule has 0 aliphatic carbocycles. The number of fused-ring (bicyclic) bond motifs is 1. The second-order valence-corrected chi connectivity index (χ2v) is 6.11. The molecule has 1 aromatic carbocycles. The summed E-state index contributed by atoms with van der Waals surface area (Å²) < 4.78 is 5.63. The van der Waals surface area contributed by atoms with Crippen LogP contribution in [0.15, 0.2) is 41.8 Å². The quantitative estimate of drug-likeness (QED) is 0.922. The summed E-state index contributed by atoms with van der Waals surface area (Å²) in [5.74, 6) is 0.692. The van der Waals surface area contributed by atoms with Crippen molar-refractivity contribution < 1.29 is 9.84 Å². The Labute approximate surface area is 122 Å². The van der Waals surface area contributed by atoms with Crippen LogP contribution in [0.25, 0.3) is 0 Å². The maximum atomic E-state index is 11.1. The van der Waals surface area contributed by atoms with E-state index in [4.69, 9.17) is 4.74 Å². The minimum atomic E-state index is -1.24. The molecule has 1 N–H and O–H groups in total. The summed E-state index contributed by atoms with van der Waals surface area (Å²) >= 11 is 1.47. The van der Waals surface area contributed by atoms with Crippen molar-refractivity contribution in [1.29, 1.82) is 5.26 Å². The first kappa shape index (κ1) is 13.2. The van der Waals surface area contributed by atoms with E-state index in [0.717, 1.165) is 10.4 Å². The molecule has 0 saturated heterocycles. The number of hydrogen-bond acceptors (Lipinski definition) is 4. The Balaban J connectivity index is 2.22. The maximum Gasteiger partial charge on any atom is 0.124 e. The average molecular weight is 285 g/mol. The molecule has 4 heteroatoms. The highest BCUT2D eigenvalue weighted by molar-refractivity contribution is 7.10. The Bertz CT molecular complexity index is 657. The lowest BCUT2D eigenvalue weighted by atomic mass is 9.65. The van der Waals surface area contributed by atoms with Crippen LogP contribution in [0, 0.1) is 11.3 Å². The Morgan fingerprint density at radius 3 is 2.85 bits per heavy atom. The molecule has 2 heterocycles. The van der Waals surface area contributed by atoms with Crippen LogP contribution in [-0.4, -0.2) is 11.7 Å². The highest BCUT2D eigenvalue weighted by atomic mass is 32.1. The Morgan fingerprint density at radius 2 is 2.15 bits per heavy atom. The molecule has 0 bridgehead atoms. The second-order valence-electron chi connectivity index (χ2n) is 5.16. The van der Waals surface area contributed by atoms with E-state index in [1.54, 1.807) is 6.92 Å². The van der Waals surface area contributed by atoms with Gasteiger partial charge in [-0.15, -0.1) is 11.3 Å². The van der Waals surface area contributed by atoms with Gasteiger partial charge in [0.1, 0.15) is 16.8 Å². The number of nitriles is 1. The van der Waals surface area contributed by atoms with Crippen molar-refractivity contribution in [2.75, 3.05) is 6.61 Å². The maximum absolute atomic E-state index is 11.1. The molecule has 2 aromatic rings. The van der Waals surface area contributed by atoms with Crippen LogP contribution in [0.1, 0.15) is 23.8 Å². The minimum absolute atomic E-state index is 0.437. The SMILES string of the molecule is CC(O)(c1cccs1)C1(C#N)CCOc2ccccc21. The van der Waals surface area contributed by atoms with Crippen molar-refractivity contribution >= 4 is 11.3 Å². The van der Waals surface area contributed by atoms with Gasteiger partial charge in [0.15, 0.2) is 0 Å². The standard InChI is InChI=1S/C16H15NO2S/c1-15(18,14-7-4-10-20-14)16(11-17)8-9-19-13-6-3-2-5-12(13)16/h2-7,10,18H,8-9H2,1H3.